The Balaban J connectivity index is 1.11. The second kappa shape index (κ2) is 12.9. The van der Waals surface area contributed by atoms with Crippen LogP contribution in [0.5, 0.6) is 0 Å². The van der Waals surface area contributed by atoms with Crippen molar-refractivity contribution < 1.29 is 4.42 Å². The number of para-hydroxylation sites is 1. The Labute approximate surface area is 325 Å². The fraction of sp³-hybridized carbons (Fsp3) is 0.0189. The molecule has 0 saturated carbocycles. The number of furan rings is 1. The van der Waals surface area contributed by atoms with Gasteiger partial charge in [-0.3, -0.25) is 0 Å². The maximum absolute atomic E-state index is 6.22. The highest BCUT2D eigenvalue weighted by Gasteiger charge is 2.46. The van der Waals surface area contributed by atoms with Crippen LogP contribution in [0.25, 0.3) is 78.1 Å². The molecule has 0 atom stereocenters. The van der Waals surface area contributed by atoms with Gasteiger partial charge in [0.05, 0.1) is 16.8 Å². The van der Waals surface area contributed by atoms with Crippen LogP contribution in [0.2, 0.25) is 0 Å². The van der Waals surface area contributed by atoms with Crippen LogP contribution < -0.4 is 0 Å². The Hall–Kier alpha value is -7.36. The van der Waals surface area contributed by atoms with Gasteiger partial charge in [-0.05, 0) is 62.7 Å². The minimum absolute atomic E-state index is 0.498. The molecule has 0 saturated heterocycles. The van der Waals surface area contributed by atoms with E-state index in [4.69, 9.17) is 14.4 Å². The second-order valence-electron chi connectivity index (χ2n) is 14.4. The molecule has 0 amide bonds. The normalized spacial score (nSPS) is 12.8. The lowest BCUT2D eigenvalue weighted by molar-refractivity contribution is 0.669. The molecule has 1 aliphatic carbocycles. The van der Waals surface area contributed by atoms with Gasteiger partial charge in [-0.1, -0.05) is 188 Å². The van der Waals surface area contributed by atoms with Crippen molar-refractivity contribution in [3.05, 3.63) is 229 Å². The maximum Gasteiger partial charge on any atom is 0.160 e. The average molecular weight is 715 g/mol. The molecule has 1 aliphatic rings. The third-order valence-electron chi connectivity index (χ3n) is 11.4. The summed E-state index contributed by atoms with van der Waals surface area (Å²) in [5, 5.41) is 2.25. The summed E-state index contributed by atoms with van der Waals surface area (Å²) in [6.07, 6.45) is 0. The lowest BCUT2D eigenvalue weighted by Gasteiger charge is -2.33. The topological polar surface area (TPSA) is 38.9 Å². The Morgan fingerprint density at radius 3 is 1.70 bits per heavy atom. The van der Waals surface area contributed by atoms with E-state index in [1.165, 1.54) is 33.4 Å². The largest absolute Gasteiger partial charge is 0.456 e. The molecule has 0 aliphatic heterocycles. The highest BCUT2D eigenvalue weighted by molar-refractivity contribution is 6.12. The third kappa shape index (κ3) is 4.91. The van der Waals surface area contributed by atoms with Crippen LogP contribution in [0.3, 0.4) is 0 Å². The van der Waals surface area contributed by atoms with E-state index in [1.54, 1.807) is 0 Å². The predicted octanol–water partition coefficient (Wildman–Crippen LogP) is 13.4. The molecule has 56 heavy (non-hydrogen) atoms. The fourth-order valence-corrected chi connectivity index (χ4v) is 8.99. The standard InChI is InChI=1S/C53H34N2O/c1-4-16-37(17-5-1)52-54-46(36-32-30-35(31-33-36)40-24-15-29-49-51(40)43-23-11-13-28-48(43)56-49)34-47(55-52)42-25-14-27-45-50(42)41-22-10-12-26-44(41)53(45,38-18-6-2-7-19-38)39-20-8-3-9-21-39/h1-34H. The smallest absolute Gasteiger partial charge is 0.160 e. The van der Waals surface area contributed by atoms with Crippen molar-refractivity contribution in [2.24, 2.45) is 0 Å². The molecule has 0 unspecified atom stereocenters. The van der Waals surface area contributed by atoms with Crippen molar-refractivity contribution in [2.45, 2.75) is 5.41 Å². The van der Waals surface area contributed by atoms with E-state index in [1.807, 2.05) is 36.4 Å². The molecule has 0 bridgehead atoms. The van der Waals surface area contributed by atoms with Crippen LogP contribution in [0.4, 0.5) is 0 Å². The molecular formula is C53H34N2O. The van der Waals surface area contributed by atoms with E-state index >= 15 is 0 Å². The molecule has 10 aromatic rings. The van der Waals surface area contributed by atoms with Gasteiger partial charge in [0.1, 0.15) is 11.2 Å². The predicted molar refractivity (Wildman–Crippen MR) is 228 cm³/mol. The second-order valence-corrected chi connectivity index (χ2v) is 14.4. The number of aromatic nitrogens is 2. The van der Waals surface area contributed by atoms with Crippen molar-refractivity contribution in [1.29, 1.82) is 0 Å². The quantitative estimate of drug-likeness (QED) is 0.172. The highest BCUT2D eigenvalue weighted by atomic mass is 16.3. The van der Waals surface area contributed by atoms with Gasteiger partial charge in [0.15, 0.2) is 5.82 Å². The van der Waals surface area contributed by atoms with E-state index < -0.39 is 5.41 Å². The van der Waals surface area contributed by atoms with Crippen molar-refractivity contribution >= 4 is 21.9 Å². The van der Waals surface area contributed by atoms with E-state index in [0.717, 1.165) is 61.1 Å². The minimum atomic E-state index is -0.498. The van der Waals surface area contributed by atoms with E-state index in [-0.39, 0.29) is 0 Å². The van der Waals surface area contributed by atoms with Crippen LogP contribution >= 0.6 is 0 Å². The van der Waals surface area contributed by atoms with Crippen LogP contribution in [0.15, 0.2) is 211 Å². The molecule has 262 valence electrons. The van der Waals surface area contributed by atoms with Crippen LogP contribution in [0, 0.1) is 0 Å². The van der Waals surface area contributed by atoms with Crippen molar-refractivity contribution in [2.75, 3.05) is 0 Å². The lowest BCUT2D eigenvalue weighted by Crippen LogP contribution is -2.28. The monoisotopic (exact) mass is 714 g/mol. The zero-order valence-corrected chi connectivity index (χ0v) is 30.4. The molecular weight excluding hydrogens is 681 g/mol. The van der Waals surface area contributed by atoms with Gasteiger partial charge >= 0.3 is 0 Å². The molecule has 11 rings (SSSR count). The molecule has 0 N–H and O–H groups in total. The Bertz CT molecular complexity index is 3020. The van der Waals surface area contributed by atoms with Crippen LogP contribution in [-0.2, 0) is 5.41 Å². The van der Waals surface area contributed by atoms with Gasteiger partial charge in [-0.25, -0.2) is 9.97 Å². The van der Waals surface area contributed by atoms with Crippen molar-refractivity contribution in [3.8, 4) is 56.2 Å². The molecule has 0 spiro atoms. The molecule has 2 heterocycles. The summed E-state index contributed by atoms with van der Waals surface area (Å²) in [6, 6.07) is 73.2. The molecule has 0 radical (unpaired) electrons. The molecule has 3 nitrogen and oxygen atoms in total. The zero-order valence-electron chi connectivity index (χ0n) is 30.4. The molecule has 0 fully saturated rings. The van der Waals surface area contributed by atoms with Crippen molar-refractivity contribution in [1.82, 2.24) is 9.97 Å². The number of nitrogens with zero attached hydrogens (tertiary/aromatic N) is 2. The minimum Gasteiger partial charge on any atom is -0.456 e. The van der Waals surface area contributed by atoms with Gasteiger partial charge in [0.2, 0.25) is 0 Å². The third-order valence-corrected chi connectivity index (χ3v) is 11.4. The first-order chi connectivity index (χ1) is 27.8. The number of hydrogen-bond donors (Lipinski definition) is 0. The highest BCUT2D eigenvalue weighted by Crippen LogP contribution is 2.58. The van der Waals surface area contributed by atoms with Gasteiger partial charge < -0.3 is 4.42 Å². The Kier molecular flexibility index (Phi) is 7.39. The number of rotatable bonds is 6. The molecule has 8 aromatic carbocycles. The van der Waals surface area contributed by atoms with Gasteiger partial charge in [-0.2, -0.15) is 0 Å². The average Bonchev–Trinajstić information content (AvgIpc) is 3.82. The summed E-state index contributed by atoms with van der Waals surface area (Å²) in [7, 11) is 0. The summed E-state index contributed by atoms with van der Waals surface area (Å²) in [5.41, 5.74) is 15.8. The number of hydrogen-bond acceptors (Lipinski definition) is 3. The first-order valence-electron chi connectivity index (χ1n) is 19.1. The van der Waals surface area contributed by atoms with Gasteiger partial charge in [-0.15, -0.1) is 0 Å². The fourth-order valence-electron chi connectivity index (χ4n) is 8.99. The van der Waals surface area contributed by atoms with Gasteiger partial charge in [0.25, 0.3) is 0 Å². The number of benzene rings is 8. The summed E-state index contributed by atoms with van der Waals surface area (Å²) in [4.78, 5) is 10.6. The number of fused-ring (bicyclic) bond motifs is 6. The zero-order chi connectivity index (χ0) is 37.1. The SMILES string of the molecule is c1ccc(-c2nc(-c3ccc(-c4cccc5oc6ccccc6c45)cc3)cc(-c3cccc4c3-c3ccccc3C4(c3ccccc3)c3ccccc3)n2)cc1. The summed E-state index contributed by atoms with van der Waals surface area (Å²) in [5.74, 6) is 0.693. The van der Waals surface area contributed by atoms with E-state index in [0.29, 0.717) is 5.82 Å². The first kappa shape index (κ1) is 32.1. The Morgan fingerprint density at radius 2 is 0.929 bits per heavy atom. The molecule has 3 heteroatoms. The van der Waals surface area contributed by atoms with Crippen LogP contribution in [0.1, 0.15) is 22.3 Å². The lowest BCUT2D eigenvalue weighted by atomic mass is 9.67. The van der Waals surface area contributed by atoms with E-state index in [2.05, 4.69) is 170 Å². The summed E-state index contributed by atoms with van der Waals surface area (Å²) >= 11 is 0. The Morgan fingerprint density at radius 1 is 0.375 bits per heavy atom. The van der Waals surface area contributed by atoms with Gasteiger partial charge in [0, 0.05) is 27.5 Å². The summed E-state index contributed by atoms with van der Waals surface area (Å²) < 4.78 is 6.22. The van der Waals surface area contributed by atoms with Crippen molar-refractivity contribution in [3.63, 3.8) is 0 Å². The molecule has 2 aromatic heterocycles. The van der Waals surface area contributed by atoms with E-state index in [9.17, 15) is 0 Å². The van der Waals surface area contributed by atoms with Crippen LogP contribution in [-0.4, -0.2) is 9.97 Å². The first-order valence-corrected chi connectivity index (χ1v) is 19.1. The maximum atomic E-state index is 6.22. The summed E-state index contributed by atoms with van der Waals surface area (Å²) in [6.45, 7) is 0.